The summed E-state index contributed by atoms with van der Waals surface area (Å²) in [6, 6.07) is 2.34. The van der Waals surface area contributed by atoms with E-state index in [1.807, 2.05) is 6.92 Å². The minimum Gasteiger partial charge on any atom is -0.369 e. The van der Waals surface area contributed by atoms with Crippen molar-refractivity contribution >= 4 is 22.6 Å². The smallest absolute Gasteiger partial charge is 0.169 e. The molecule has 0 radical (unpaired) electrons. The molecule has 5 nitrogen and oxygen atoms in total. The van der Waals surface area contributed by atoms with Gasteiger partial charge in [0, 0.05) is 29.6 Å². The number of nitriles is 1. The SMILES string of the molecule is CC(C#N)CC1CCC2OC([C@H]3COC4(CCCCC4)O3)CC2(CI)O1. The Labute approximate surface area is 170 Å². The third-order valence-corrected chi connectivity index (χ3v) is 7.89. The van der Waals surface area contributed by atoms with Gasteiger partial charge in [-0.15, -0.1) is 0 Å². The molecule has 0 bridgehead atoms. The van der Waals surface area contributed by atoms with Gasteiger partial charge in [0.05, 0.1) is 31.0 Å². The zero-order chi connectivity index (χ0) is 18.2. The number of alkyl halides is 1. The molecule has 4 aliphatic rings. The topological polar surface area (TPSA) is 60.7 Å². The molecule has 1 saturated carbocycles. The highest BCUT2D eigenvalue weighted by molar-refractivity contribution is 14.1. The number of hydrogen-bond donors (Lipinski definition) is 0. The van der Waals surface area contributed by atoms with Gasteiger partial charge in [-0.3, -0.25) is 0 Å². The van der Waals surface area contributed by atoms with Crippen molar-refractivity contribution < 1.29 is 18.9 Å². The Kier molecular flexibility index (Phi) is 5.83. The van der Waals surface area contributed by atoms with Gasteiger partial charge in [-0.1, -0.05) is 29.0 Å². The molecule has 0 aromatic carbocycles. The Morgan fingerprint density at radius 1 is 1.15 bits per heavy atom. The van der Waals surface area contributed by atoms with Crippen molar-refractivity contribution in [2.24, 2.45) is 5.92 Å². The molecule has 0 amide bonds. The Bertz CT molecular complexity index is 546. The number of halogens is 1. The first kappa shape index (κ1) is 19.4. The van der Waals surface area contributed by atoms with E-state index in [-0.39, 0.29) is 41.7 Å². The monoisotopic (exact) mass is 475 g/mol. The van der Waals surface area contributed by atoms with Gasteiger partial charge in [0.25, 0.3) is 0 Å². The lowest BCUT2D eigenvalue weighted by atomic mass is 9.86. The summed E-state index contributed by atoms with van der Waals surface area (Å²) in [5.74, 6) is -0.304. The van der Waals surface area contributed by atoms with Crippen molar-refractivity contribution in [2.75, 3.05) is 11.0 Å². The Balaban J connectivity index is 1.40. The number of hydrogen-bond acceptors (Lipinski definition) is 5. The van der Waals surface area contributed by atoms with E-state index >= 15 is 0 Å². The van der Waals surface area contributed by atoms with E-state index in [4.69, 9.17) is 24.2 Å². The average Bonchev–Trinajstić information content (AvgIpc) is 3.24. The Hall–Kier alpha value is 0.0600. The van der Waals surface area contributed by atoms with Crippen LogP contribution in [0.5, 0.6) is 0 Å². The Morgan fingerprint density at radius 2 is 1.96 bits per heavy atom. The van der Waals surface area contributed by atoms with Gasteiger partial charge >= 0.3 is 0 Å². The third-order valence-electron chi connectivity index (χ3n) is 6.59. The van der Waals surface area contributed by atoms with Crippen molar-refractivity contribution in [3.8, 4) is 6.07 Å². The highest BCUT2D eigenvalue weighted by Crippen LogP contribution is 2.47. The molecule has 0 aromatic heterocycles. The molecule has 3 saturated heterocycles. The molecular formula is C20H30INO4. The Morgan fingerprint density at radius 3 is 2.69 bits per heavy atom. The van der Waals surface area contributed by atoms with Crippen LogP contribution in [0.4, 0.5) is 0 Å². The fourth-order valence-electron chi connectivity index (χ4n) is 5.16. The van der Waals surface area contributed by atoms with Gasteiger partial charge in [-0.25, -0.2) is 0 Å². The summed E-state index contributed by atoms with van der Waals surface area (Å²) >= 11 is 2.44. The summed E-state index contributed by atoms with van der Waals surface area (Å²) in [5, 5.41) is 9.12. The molecule has 26 heavy (non-hydrogen) atoms. The van der Waals surface area contributed by atoms with Crippen LogP contribution in [0.15, 0.2) is 0 Å². The van der Waals surface area contributed by atoms with Gasteiger partial charge in [0.15, 0.2) is 5.79 Å². The first-order valence-electron chi connectivity index (χ1n) is 10.2. The molecular weight excluding hydrogens is 445 g/mol. The zero-order valence-corrected chi connectivity index (χ0v) is 17.8. The predicted molar refractivity (Wildman–Crippen MR) is 105 cm³/mol. The van der Waals surface area contributed by atoms with Crippen LogP contribution in [0.25, 0.3) is 0 Å². The van der Waals surface area contributed by atoms with Crippen LogP contribution in [-0.2, 0) is 18.9 Å². The van der Waals surface area contributed by atoms with Crippen molar-refractivity contribution in [2.45, 2.75) is 101 Å². The van der Waals surface area contributed by atoms with Crippen molar-refractivity contribution in [3.63, 3.8) is 0 Å². The maximum atomic E-state index is 9.12. The van der Waals surface area contributed by atoms with Gasteiger partial charge in [-0.2, -0.15) is 5.26 Å². The first-order valence-corrected chi connectivity index (χ1v) is 11.7. The number of rotatable bonds is 4. The molecule has 0 N–H and O–H groups in total. The van der Waals surface area contributed by atoms with Gasteiger partial charge in [-0.05, 0) is 39.0 Å². The van der Waals surface area contributed by atoms with Gasteiger partial charge < -0.3 is 18.9 Å². The summed E-state index contributed by atoms with van der Waals surface area (Å²) < 4.78 is 26.5. The third kappa shape index (κ3) is 3.67. The maximum Gasteiger partial charge on any atom is 0.169 e. The van der Waals surface area contributed by atoms with E-state index in [9.17, 15) is 0 Å². The molecule has 1 aliphatic carbocycles. The molecule has 6 atom stereocenters. The summed E-state index contributed by atoms with van der Waals surface area (Å²) in [4.78, 5) is 0. The molecule has 0 aromatic rings. The molecule has 4 fully saturated rings. The summed E-state index contributed by atoms with van der Waals surface area (Å²) in [5.41, 5.74) is -0.227. The van der Waals surface area contributed by atoms with E-state index < -0.39 is 0 Å². The summed E-state index contributed by atoms with van der Waals surface area (Å²) in [7, 11) is 0. The average molecular weight is 475 g/mol. The molecule has 3 heterocycles. The molecule has 146 valence electrons. The van der Waals surface area contributed by atoms with Crippen molar-refractivity contribution in [1.82, 2.24) is 0 Å². The van der Waals surface area contributed by atoms with Crippen LogP contribution < -0.4 is 0 Å². The van der Waals surface area contributed by atoms with Gasteiger partial charge in [0.1, 0.15) is 11.7 Å². The first-order chi connectivity index (χ1) is 12.6. The summed E-state index contributed by atoms with van der Waals surface area (Å²) in [6.07, 6.45) is 9.80. The van der Waals surface area contributed by atoms with Crippen molar-refractivity contribution in [1.29, 1.82) is 5.26 Å². The van der Waals surface area contributed by atoms with E-state index in [1.165, 1.54) is 19.3 Å². The highest BCUT2D eigenvalue weighted by atomic mass is 127. The van der Waals surface area contributed by atoms with Crippen LogP contribution in [0.3, 0.4) is 0 Å². The minimum absolute atomic E-state index is 0.0265. The second-order valence-corrected chi connectivity index (χ2v) is 9.35. The van der Waals surface area contributed by atoms with Crippen LogP contribution in [0.1, 0.15) is 64.7 Å². The normalized spacial score (nSPS) is 43.1. The van der Waals surface area contributed by atoms with Crippen molar-refractivity contribution in [3.05, 3.63) is 0 Å². The van der Waals surface area contributed by atoms with E-state index in [2.05, 4.69) is 28.7 Å². The lowest BCUT2D eigenvalue weighted by Gasteiger charge is -2.41. The standard InChI is InChI=1S/C20H30INO4/c1-14(11-22)9-15-5-6-18-19(13-21,25-15)10-16(24-18)17-12-23-20(26-17)7-3-2-4-8-20/h14-18H,2-10,12-13H2,1H3/t14?,15?,16?,17-,18?,19?/m1/s1. The van der Waals surface area contributed by atoms with E-state index in [0.29, 0.717) is 6.61 Å². The lowest BCUT2D eigenvalue weighted by Crippen LogP contribution is -2.50. The minimum atomic E-state index is -0.344. The highest BCUT2D eigenvalue weighted by Gasteiger charge is 2.56. The molecule has 6 heteroatoms. The quantitative estimate of drug-likeness (QED) is 0.452. The van der Waals surface area contributed by atoms with Crippen LogP contribution in [-0.4, -0.2) is 46.8 Å². The fourth-order valence-corrected chi connectivity index (χ4v) is 6.14. The molecule has 3 aliphatic heterocycles. The maximum absolute atomic E-state index is 9.12. The molecule has 4 rings (SSSR count). The summed E-state index contributed by atoms with van der Waals surface area (Å²) in [6.45, 7) is 2.62. The number of nitrogens with zero attached hydrogens (tertiary/aromatic N) is 1. The van der Waals surface area contributed by atoms with Crippen LogP contribution in [0.2, 0.25) is 0 Å². The van der Waals surface area contributed by atoms with E-state index in [0.717, 1.165) is 43.0 Å². The largest absolute Gasteiger partial charge is 0.369 e. The van der Waals surface area contributed by atoms with Gasteiger partial charge in [0.2, 0.25) is 0 Å². The fraction of sp³-hybridized carbons (Fsp3) is 0.950. The number of ether oxygens (including phenoxy) is 4. The predicted octanol–water partition coefficient (Wildman–Crippen LogP) is 4.12. The zero-order valence-electron chi connectivity index (χ0n) is 15.6. The molecule has 5 unspecified atom stereocenters. The molecule has 1 spiro atoms. The number of fused-ring (bicyclic) bond motifs is 1. The van der Waals surface area contributed by atoms with Crippen LogP contribution >= 0.6 is 22.6 Å². The second kappa shape index (κ2) is 7.82. The van der Waals surface area contributed by atoms with Crippen LogP contribution in [0, 0.1) is 17.2 Å². The van der Waals surface area contributed by atoms with E-state index in [1.54, 1.807) is 0 Å². The lowest BCUT2D eigenvalue weighted by molar-refractivity contribution is -0.199. The second-order valence-electron chi connectivity index (χ2n) is 8.59.